The zero-order valence-corrected chi connectivity index (χ0v) is 13.8. The number of nitrogens with one attached hydrogen (secondary N) is 1. The molecule has 2 aromatic rings. The second-order valence-electron chi connectivity index (χ2n) is 4.71. The van der Waals surface area contributed by atoms with Gasteiger partial charge in [0.15, 0.2) is 5.69 Å². The van der Waals surface area contributed by atoms with Crippen molar-refractivity contribution in [3.8, 4) is 5.88 Å². The summed E-state index contributed by atoms with van der Waals surface area (Å²) in [7, 11) is 0. The highest BCUT2D eigenvalue weighted by Gasteiger charge is 2.16. The fourth-order valence-electron chi connectivity index (χ4n) is 2.19. The Balaban J connectivity index is 2.32. The molecule has 0 fully saturated rings. The van der Waals surface area contributed by atoms with Crippen molar-refractivity contribution in [3.05, 3.63) is 36.9 Å². The van der Waals surface area contributed by atoms with Crippen molar-refractivity contribution in [2.75, 3.05) is 19.8 Å². The maximum absolute atomic E-state index is 10.5. The van der Waals surface area contributed by atoms with E-state index in [1.165, 1.54) is 0 Å². The Kier molecular flexibility index (Phi) is 6.25. The number of benzene rings is 1. The van der Waals surface area contributed by atoms with E-state index in [1.54, 1.807) is 10.6 Å². The maximum Gasteiger partial charge on any atom is 0.220 e. The van der Waals surface area contributed by atoms with Crippen molar-refractivity contribution in [2.24, 2.45) is 10.2 Å². The molecule has 0 amide bonds. The third kappa shape index (κ3) is 4.14. The van der Waals surface area contributed by atoms with Gasteiger partial charge in [-0.25, -0.2) is 0 Å². The van der Waals surface area contributed by atoms with Crippen LogP contribution in [0.25, 0.3) is 10.9 Å². The number of azo groups is 1. The topological polar surface area (TPSA) is 71.1 Å². The number of nitrogens with zero attached hydrogens (tertiary/aromatic N) is 3. The molecule has 1 aromatic carbocycles. The van der Waals surface area contributed by atoms with Gasteiger partial charge in [0, 0.05) is 25.1 Å². The Morgan fingerprint density at radius 2 is 2.26 bits per heavy atom. The van der Waals surface area contributed by atoms with Gasteiger partial charge in [0.2, 0.25) is 11.0 Å². The Morgan fingerprint density at radius 3 is 3.00 bits per heavy atom. The van der Waals surface area contributed by atoms with Crippen molar-refractivity contribution in [1.82, 2.24) is 9.88 Å². The van der Waals surface area contributed by atoms with Crippen molar-refractivity contribution < 1.29 is 9.84 Å². The average Bonchev–Trinajstić information content (AvgIpc) is 2.83. The number of aromatic hydroxyl groups is 1. The molecule has 0 radical (unpaired) electrons. The van der Waals surface area contributed by atoms with Gasteiger partial charge in [-0.2, -0.15) is 0 Å². The SMILES string of the molecule is C=CCNC(=S)N=Nc1c(O)n(CCOCC)c2ccccc12. The van der Waals surface area contributed by atoms with E-state index in [2.05, 4.69) is 22.1 Å². The lowest BCUT2D eigenvalue weighted by Gasteiger charge is -2.06. The van der Waals surface area contributed by atoms with Crippen molar-refractivity contribution in [1.29, 1.82) is 0 Å². The first-order chi connectivity index (χ1) is 11.2. The minimum Gasteiger partial charge on any atom is -0.493 e. The molecule has 0 bridgehead atoms. The van der Waals surface area contributed by atoms with Crippen LogP contribution in [0.2, 0.25) is 0 Å². The average molecular weight is 332 g/mol. The second-order valence-corrected chi connectivity index (χ2v) is 5.10. The van der Waals surface area contributed by atoms with Crippen LogP contribution in [0.1, 0.15) is 6.92 Å². The molecular weight excluding hydrogens is 312 g/mol. The van der Waals surface area contributed by atoms with Crippen molar-refractivity contribution in [3.63, 3.8) is 0 Å². The summed E-state index contributed by atoms with van der Waals surface area (Å²) >= 11 is 5.05. The molecule has 1 aromatic heterocycles. The number of para-hydroxylation sites is 1. The minimum absolute atomic E-state index is 0.0566. The monoisotopic (exact) mass is 332 g/mol. The molecule has 0 aliphatic heterocycles. The third-order valence-electron chi connectivity index (χ3n) is 3.22. The van der Waals surface area contributed by atoms with Crippen LogP contribution in [0, 0.1) is 0 Å². The molecule has 6 nitrogen and oxygen atoms in total. The zero-order chi connectivity index (χ0) is 16.7. The first-order valence-corrected chi connectivity index (χ1v) is 7.78. The molecule has 23 heavy (non-hydrogen) atoms. The van der Waals surface area contributed by atoms with Crippen LogP contribution in [-0.2, 0) is 11.3 Å². The summed E-state index contributed by atoms with van der Waals surface area (Å²) in [6.45, 7) is 7.73. The summed E-state index contributed by atoms with van der Waals surface area (Å²) in [5.41, 5.74) is 1.28. The fraction of sp³-hybridized carbons (Fsp3) is 0.312. The van der Waals surface area contributed by atoms with Crippen molar-refractivity contribution in [2.45, 2.75) is 13.5 Å². The molecule has 0 aliphatic rings. The minimum atomic E-state index is 0.0566. The van der Waals surface area contributed by atoms with E-state index < -0.39 is 0 Å². The van der Waals surface area contributed by atoms with E-state index in [4.69, 9.17) is 17.0 Å². The van der Waals surface area contributed by atoms with E-state index in [-0.39, 0.29) is 11.0 Å². The highest BCUT2D eigenvalue weighted by atomic mass is 32.1. The van der Waals surface area contributed by atoms with Gasteiger partial charge in [-0.05, 0) is 25.2 Å². The maximum atomic E-state index is 10.5. The standard InChI is InChI=1S/C16H20N4O2S/c1-3-9-17-16(23)19-18-14-12-7-5-6-8-13(12)20(15(14)21)10-11-22-4-2/h3,5-8,21H,1,4,9-11H2,2H3,(H,17,23). The smallest absolute Gasteiger partial charge is 0.220 e. The van der Waals surface area contributed by atoms with E-state index in [1.807, 2.05) is 31.2 Å². The van der Waals surface area contributed by atoms with Gasteiger partial charge in [-0.1, -0.05) is 24.3 Å². The quantitative estimate of drug-likeness (QED) is 0.352. The van der Waals surface area contributed by atoms with Gasteiger partial charge in [0.1, 0.15) is 0 Å². The fourth-order valence-corrected chi connectivity index (χ4v) is 2.31. The van der Waals surface area contributed by atoms with Crippen LogP contribution in [0.3, 0.4) is 0 Å². The molecular formula is C16H20N4O2S. The Morgan fingerprint density at radius 1 is 1.48 bits per heavy atom. The van der Waals surface area contributed by atoms with Crippen LogP contribution in [0.5, 0.6) is 5.88 Å². The number of aromatic nitrogens is 1. The van der Waals surface area contributed by atoms with E-state index in [9.17, 15) is 5.11 Å². The van der Waals surface area contributed by atoms with E-state index >= 15 is 0 Å². The first kappa shape index (κ1) is 17.1. The molecule has 0 spiro atoms. The molecule has 0 saturated carbocycles. The number of fused-ring (bicyclic) bond motifs is 1. The van der Waals surface area contributed by atoms with Gasteiger partial charge in [-0.3, -0.25) is 0 Å². The third-order valence-corrected chi connectivity index (χ3v) is 3.45. The van der Waals surface area contributed by atoms with Crippen molar-refractivity contribution >= 4 is 33.9 Å². The molecule has 0 saturated heterocycles. The van der Waals surface area contributed by atoms with Gasteiger partial charge in [0.25, 0.3) is 0 Å². The highest BCUT2D eigenvalue weighted by Crippen LogP contribution is 2.38. The number of hydrogen-bond donors (Lipinski definition) is 2. The van der Waals surface area contributed by atoms with Gasteiger partial charge in [-0.15, -0.1) is 16.8 Å². The lowest BCUT2D eigenvalue weighted by molar-refractivity contribution is 0.138. The second kappa shape index (κ2) is 8.40. The summed E-state index contributed by atoms with van der Waals surface area (Å²) in [4.78, 5) is 0. The molecule has 0 unspecified atom stereocenters. The summed E-state index contributed by atoms with van der Waals surface area (Å²) < 4.78 is 7.13. The first-order valence-electron chi connectivity index (χ1n) is 7.37. The summed E-state index contributed by atoms with van der Waals surface area (Å²) in [6.07, 6.45) is 1.68. The number of ether oxygens (including phenoxy) is 1. The molecule has 122 valence electrons. The largest absolute Gasteiger partial charge is 0.493 e. The van der Waals surface area contributed by atoms with Gasteiger partial charge >= 0.3 is 0 Å². The van der Waals surface area contributed by atoms with Crippen LogP contribution >= 0.6 is 12.2 Å². The van der Waals surface area contributed by atoms with Crippen LogP contribution in [0.15, 0.2) is 47.1 Å². The summed E-state index contributed by atoms with van der Waals surface area (Å²) in [5.74, 6) is 0.0566. The molecule has 2 N–H and O–H groups in total. The van der Waals surface area contributed by atoms with Crippen LogP contribution < -0.4 is 5.32 Å². The highest BCUT2D eigenvalue weighted by molar-refractivity contribution is 7.80. The number of thiocarbonyl (C=S) groups is 1. The predicted molar refractivity (Wildman–Crippen MR) is 95.4 cm³/mol. The zero-order valence-electron chi connectivity index (χ0n) is 13.0. The Hall–Kier alpha value is -2.25. The molecule has 7 heteroatoms. The summed E-state index contributed by atoms with van der Waals surface area (Å²) in [5, 5.41) is 22.5. The Labute approximate surface area is 140 Å². The molecule has 2 rings (SSSR count). The van der Waals surface area contributed by atoms with Gasteiger partial charge < -0.3 is 19.7 Å². The molecule has 0 atom stereocenters. The van der Waals surface area contributed by atoms with Crippen LogP contribution in [0.4, 0.5) is 5.69 Å². The lowest BCUT2D eigenvalue weighted by atomic mass is 10.2. The Bertz CT molecular complexity index is 724. The van der Waals surface area contributed by atoms with E-state index in [0.29, 0.717) is 32.0 Å². The summed E-state index contributed by atoms with van der Waals surface area (Å²) in [6, 6.07) is 7.62. The van der Waals surface area contributed by atoms with Gasteiger partial charge in [0.05, 0.1) is 12.1 Å². The molecule has 1 heterocycles. The van der Waals surface area contributed by atoms with Crippen LogP contribution in [-0.4, -0.2) is 34.5 Å². The lowest BCUT2D eigenvalue weighted by Crippen LogP contribution is -2.18. The number of hydrogen-bond acceptors (Lipinski definition) is 4. The number of rotatable bonds is 7. The predicted octanol–water partition coefficient (Wildman–Crippen LogP) is 3.53. The van der Waals surface area contributed by atoms with E-state index in [0.717, 1.165) is 10.9 Å². The molecule has 0 aliphatic carbocycles. The normalized spacial score (nSPS) is 11.2.